The minimum atomic E-state index is -0.796. The molecule has 0 bridgehead atoms. The number of carbonyl (C=O) groups is 4. The van der Waals surface area contributed by atoms with Crippen LogP contribution in [0.3, 0.4) is 0 Å². The molecule has 1 aromatic carbocycles. The molecule has 0 atom stereocenters. The summed E-state index contributed by atoms with van der Waals surface area (Å²) in [7, 11) is 0. The molecule has 0 spiro atoms. The molecule has 6 nitrogen and oxygen atoms in total. The maximum Gasteiger partial charge on any atom is 0.316 e. The SMILES string of the molecule is CC(C)(C)C(=O)Oc1ccc(C(=O)C=O)cc1OC(=O)C(C)(C)C. The zero-order chi connectivity index (χ0) is 18.7. The maximum absolute atomic E-state index is 12.1. The zero-order valence-corrected chi connectivity index (χ0v) is 14.8. The van der Waals surface area contributed by atoms with Gasteiger partial charge >= 0.3 is 11.9 Å². The van der Waals surface area contributed by atoms with E-state index in [9.17, 15) is 19.2 Å². The van der Waals surface area contributed by atoms with Crippen molar-refractivity contribution >= 4 is 24.0 Å². The third-order valence-corrected chi connectivity index (χ3v) is 2.97. The lowest BCUT2D eigenvalue weighted by Crippen LogP contribution is -2.28. The standard InChI is InChI=1S/C18H22O6/c1-17(2,3)15(21)23-13-8-7-11(12(20)10-19)9-14(13)24-16(22)18(4,5)6/h7-10H,1-6H3. The predicted octanol–water partition coefficient (Wildman–Crippen LogP) is 2.97. The van der Waals surface area contributed by atoms with Crippen LogP contribution < -0.4 is 9.47 Å². The van der Waals surface area contributed by atoms with Crippen molar-refractivity contribution in [2.75, 3.05) is 0 Å². The molecular weight excluding hydrogens is 312 g/mol. The maximum atomic E-state index is 12.1. The van der Waals surface area contributed by atoms with Crippen molar-refractivity contribution in [1.29, 1.82) is 0 Å². The first-order valence-corrected chi connectivity index (χ1v) is 7.44. The normalized spacial score (nSPS) is 11.6. The molecule has 24 heavy (non-hydrogen) atoms. The van der Waals surface area contributed by atoms with Crippen molar-refractivity contribution in [2.24, 2.45) is 10.8 Å². The summed E-state index contributed by atoms with van der Waals surface area (Å²) in [6.07, 6.45) is 0.158. The van der Waals surface area contributed by atoms with Crippen LogP contribution in [-0.4, -0.2) is 24.0 Å². The van der Waals surface area contributed by atoms with Gasteiger partial charge in [0.05, 0.1) is 10.8 Å². The van der Waals surface area contributed by atoms with Crippen molar-refractivity contribution in [3.8, 4) is 11.5 Å². The molecule has 0 unspecified atom stereocenters. The summed E-state index contributed by atoms with van der Waals surface area (Å²) < 4.78 is 10.6. The Morgan fingerprint density at radius 2 is 1.29 bits per heavy atom. The fraction of sp³-hybridized carbons (Fsp3) is 0.444. The second-order valence-electron chi connectivity index (χ2n) is 7.42. The molecule has 1 aromatic rings. The van der Waals surface area contributed by atoms with Crippen LogP contribution in [0.4, 0.5) is 0 Å². The van der Waals surface area contributed by atoms with Gasteiger partial charge in [-0.15, -0.1) is 0 Å². The Labute approximate surface area is 141 Å². The van der Waals surface area contributed by atoms with Gasteiger partial charge < -0.3 is 9.47 Å². The second-order valence-corrected chi connectivity index (χ2v) is 7.42. The first-order chi connectivity index (χ1) is 10.9. The fourth-order valence-corrected chi connectivity index (χ4v) is 1.40. The molecule has 0 amide bonds. The number of esters is 2. The smallest absolute Gasteiger partial charge is 0.316 e. The average Bonchev–Trinajstić information content (AvgIpc) is 2.45. The molecule has 0 aliphatic rings. The summed E-state index contributed by atoms with van der Waals surface area (Å²) >= 11 is 0. The highest BCUT2D eigenvalue weighted by Crippen LogP contribution is 2.32. The molecule has 0 saturated carbocycles. The monoisotopic (exact) mass is 334 g/mol. The Morgan fingerprint density at radius 3 is 1.71 bits per heavy atom. The Bertz CT molecular complexity index is 674. The number of hydrogen-bond donors (Lipinski definition) is 0. The van der Waals surface area contributed by atoms with Crippen molar-refractivity contribution in [1.82, 2.24) is 0 Å². The Hall–Kier alpha value is -2.50. The van der Waals surface area contributed by atoms with E-state index in [-0.39, 0.29) is 23.3 Å². The second kappa shape index (κ2) is 6.95. The molecule has 6 heteroatoms. The van der Waals surface area contributed by atoms with Gasteiger partial charge in [0.25, 0.3) is 0 Å². The molecule has 0 N–H and O–H groups in total. The molecule has 0 heterocycles. The van der Waals surface area contributed by atoms with Gasteiger partial charge in [-0.3, -0.25) is 19.2 Å². The molecule has 0 aliphatic carbocycles. The minimum absolute atomic E-state index is 0.00924. The molecule has 0 saturated heterocycles. The molecule has 0 fully saturated rings. The van der Waals surface area contributed by atoms with E-state index in [0.29, 0.717) is 0 Å². The fourth-order valence-electron chi connectivity index (χ4n) is 1.40. The molecule has 0 aliphatic heterocycles. The highest BCUT2D eigenvalue weighted by molar-refractivity contribution is 6.33. The van der Waals surface area contributed by atoms with Gasteiger partial charge in [-0.05, 0) is 59.7 Å². The average molecular weight is 334 g/mol. The molecular formula is C18H22O6. The lowest BCUT2D eigenvalue weighted by Gasteiger charge is -2.20. The molecule has 0 aromatic heterocycles. The van der Waals surface area contributed by atoms with Crippen molar-refractivity contribution < 1.29 is 28.7 Å². The lowest BCUT2D eigenvalue weighted by atomic mass is 9.97. The highest BCUT2D eigenvalue weighted by atomic mass is 16.6. The van der Waals surface area contributed by atoms with Crippen LogP contribution in [0.5, 0.6) is 11.5 Å². The Morgan fingerprint density at radius 1 is 0.833 bits per heavy atom. The van der Waals surface area contributed by atoms with Crippen LogP contribution in [0.15, 0.2) is 18.2 Å². The van der Waals surface area contributed by atoms with E-state index in [0.717, 1.165) is 0 Å². The lowest BCUT2D eigenvalue weighted by molar-refractivity contribution is -0.145. The van der Waals surface area contributed by atoms with E-state index in [1.54, 1.807) is 41.5 Å². The van der Waals surface area contributed by atoms with Crippen LogP contribution in [0, 0.1) is 10.8 Å². The van der Waals surface area contributed by atoms with Gasteiger partial charge in [-0.2, -0.15) is 0 Å². The first-order valence-electron chi connectivity index (χ1n) is 7.44. The topological polar surface area (TPSA) is 86.7 Å². The molecule has 0 radical (unpaired) electrons. The van der Waals surface area contributed by atoms with Crippen LogP contribution in [0.2, 0.25) is 0 Å². The quantitative estimate of drug-likeness (QED) is 0.277. The van der Waals surface area contributed by atoms with Gasteiger partial charge in [0.2, 0.25) is 5.78 Å². The number of benzene rings is 1. The van der Waals surface area contributed by atoms with E-state index in [1.165, 1.54) is 18.2 Å². The van der Waals surface area contributed by atoms with E-state index < -0.39 is 28.6 Å². The van der Waals surface area contributed by atoms with Gasteiger partial charge in [0, 0.05) is 5.56 Å². The number of aldehydes is 1. The molecule has 1 rings (SSSR count). The van der Waals surface area contributed by atoms with E-state index in [2.05, 4.69) is 0 Å². The highest BCUT2D eigenvalue weighted by Gasteiger charge is 2.28. The Balaban J connectivity index is 3.27. The summed E-state index contributed by atoms with van der Waals surface area (Å²) in [5.74, 6) is -1.93. The summed E-state index contributed by atoms with van der Waals surface area (Å²) in [6.45, 7) is 10.0. The van der Waals surface area contributed by atoms with Crippen LogP contribution in [0.25, 0.3) is 0 Å². The number of rotatable bonds is 4. The number of ether oxygens (including phenoxy) is 2. The number of carbonyl (C=O) groups excluding carboxylic acids is 4. The van der Waals surface area contributed by atoms with Gasteiger partial charge in [-0.25, -0.2) is 0 Å². The number of Topliss-reactive ketones (excluding diaryl/α,β-unsaturated/α-hetero) is 1. The predicted molar refractivity (Wildman–Crippen MR) is 87.0 cm³/mol. The van der Waals surface area contributed by atoms with E-state index in [4.69, 9.17) is 9.47 Å². The zero-order valence-electron chi connectivity index (χ0n) is 14.8. The summed E-state index contributed by atoms with van der Waals surface area (Å²) in [5, 5.41) is 0. The van der Waals surface area contributed by atoms with E-state index in [1.807, 2.05) is 0 Å². The molecule has 130 valence electrons. The van der Waals surface area contributed by atoms with E-state index >= 15 is 0 Å². The Kier molecular flexibility index (Phi) is 5.66. The van der Waals surface area contributed by atoms with Crippen LogP contribution in [-0.2, 0) is 14.4 Å². The first kappa shape index (κ1) is 19.5. The van der Waals surface area contributed by atoms with Crippen LogP contribution in [0.1, 0.15) is 51.9 Å². The van der Waals surface area contributed by atoms with Crippen molar-refractivity contribution in [2.45, 2.75) is 41.5 Å². The van der Waals surface area contributed by atoms with Crippen molar-refractivity contribution in [3.05, 3.63) is 23.8 Å². The van der Waals surface area contributed by atoms with Crippen LogP contribution >= 0.6 is 0 Å². The van der Waals surface area contributed by atoms with Gasteiger partial charge in [0.15, 0.2) is 17.8 Å². The summed E-state index contributed by atoms with van der Waals surface area (Å²) in [4.78, 5) is 46.3. The largest absolute Gasteiger partial charge is 0.422 e. The summed E-state index contributed by atoms with van der Waals surface area (Å²) in [6, 6.07) is 3.87. The number of ketones is 1. The summed E-state index contributed by atoms with van der Waals surface area (Å²) in [5.41, 5.74) is -1.52. The third kappa shape index (κ3) is 5.01. The van der Waals surface area contributed by atoms with Crippen molar-refractivity contribution in [3.63, 3.8) is 0 Å². The minimum Gasteiger partial charge on any atom is -0.422 e. The van der Waals surface area contributed by atoms with Gasteiger partial charge in [-0.1, -0.05) is 0 Å². The third-order valence-electron chi connectivity index (χ3n) is 2.97. The number of hydrogen-bond acceptors (Lipinski definition) is 6. The van der Waals surface area contributed by atoms with Gasteiger partial charge in [0.1, 0.15) is 0 Å².